The Morgan fingerprint density at radius 1 is 1.24 bits per heavy atom. The molecule has 2 aromatic rings. The number of nitrogens with two attached hydrogens (primary N) is 1. The predicted molar refractivity (Wildman–Crippen MR) is 83.4 cm³/mol. The van der Waals surface area contributed by atoms with E-state index in [1.165, 1.54) is 5.56 Å². The lowest BCUT2D eigenvalue weighted by Gasteiger charge is -2.07. The van der Waals surface area contributed by atoms with Crippen LogP contribution < -0.4 is 10.5 Å². The van der Waals surface area contributed by atoms with Crippen LogP contribution in [0.4, 0.5) is 0 Å². The summed E-state index contributed by atoms with van der Waals surface area (Å²) < 4.78 is 7.69. The van der Waals surface area contributed by atoms with Gasteiger partial charge in [0, 0.05) is 13.0 Å². The van der Waals surface area contributed by atoms with E-state index in [2.05, 4.69) is 30.2 Å². The third-order valence-corrected chi connectivity index (χ3v) is 3.47. The van der Waals surface area contributed by atoms with Crippen molar-refractivity contribution in [3.05, 3.63) is 41.2 Å². The second-order valence-electron chi connectivity index (χ2n) is 5.26. The largest absolute Gasteiger partial charge is 0.494 e. The Morgan fingerprint density at radius 3 is 2.86 bits per heavy atom. The third kappa shape index (κ3) is 4.56. The van der Waals surface area contributed by atoms with Gasteiger partial charge in [-0.05, 0) is 50.9 Å². The Kier molecular flexibility index (Phi) is 5.75. The molecule has 21 heavy (non-hydrogen) atoms. The summed E-state index contributed by atoms with van der Waals surface area (Å²) in [6.45, 7) is 6.33. The summed E-state index contributed by atoms with van der Waals surface area (Å²) in [5, 5.41) is 8.42. The van der Waals surface area contributed by atoms with E-state index in [0.717, 1.165) is 42.9 Å². The number of hydrogen-bond acceptors (Lipinski definition) is 4. The molecule has 0 saturated carbocycles. The van der Waals surface area contributed by atoms with Gasteiger partial charge in [-0.2, -0.15) is 0 Å². The maximum absolute atomic E-state index is 5.74. The van der Waals surface area contributed by atoms with E-state index in [4.69, 9.17) is 10.5 Å². The molecule has 0 atom stereocenters. The summed E-state index contributed by atoms with van der Waals surface area (Å²) in [5.74, 6) is 0.925. The molecule has 1 aromatic heterocycles. The average molecular weight is 288 g/mol. The maximum Gasteiger partial charge on any atom is 0.119 e. The van der Waals surface area contributed by atoms with Crippen molar-refractivity contribution >= 4 is 0 Å². The highest BCUT2D eigenvalue weighted by atomic mass is 16.5. The van der Waals surface area contributed by atoms with Gasteiger partial charge in [0.05, 0.1) is 18.0 Å². The molecule has 1 heterocycles. The Bertz CT molecular complexity index is 565. The van der Waals surface area contributed by atoms with Gasteiger partial charge in [-0.15, -0.1) is 5.10 Å². The van der Waals surface area contributed by atoms with Crippen molar-refractivity contribution < 1.29 is 4.74 Å². The standard InChI is InChI=1S/C16H24N4O/c1-13-6-3-7-15(12-13)21-11-5-10-20-14(2)16(18-19-20)8-4-9-17/h3,6-7,12H,4-5,8-11,17H2,1-2H3. The maximum atomic E-state index is 5.74. The van der Waals surface area contributed by atoms with Crippen LogP contribution in [-0.4, -0.2) is 28.1 Å². The van der Waals surface area contributed by atoms with Gasteiger partial charge in [0.15, 0.2) is 0 Å². The van der Waals surface area contributed by atoms with Crippen LogP contribution in [0.1, 0.15) is 29.8 Å². The first-order valence-electron chi connectivity index (χ1n) is 7.49. The van der Waals surface area contributed by atoms with E-state index in [1.807, 2.05) is 22.9 Å². The van der Waals surface area contributed by atoms with Gasteiger partial charge >= 0.3 is 0 Å². The van der Waals surface area contributed by atoms with Crippen LogP contribution in [0.3, 0.4) is 0 Å². The number of aryl methyl sites for hydroxylation is 3. The summed E-state index contributed by atoms with van der Waals surface area (Å²) in [6.07, 6.45) is 2.77. The number of nitrogens with zero attached hydrogens (tertiary/aromatic N) is 3. The molecule has 0 spiro atoms. The van der Waals surface area contributed by atoms with Gasteiger partial charge in [-0.3, -0.25) is 0 Å². The molecule has 5 nitrogen and oxygen atoms in total. The third-order valence-electron chi connectivity index (χ3n) is 3.47. The van der Waals surface area contributed by atoms with Gasteiger partial charge in [-0.25, -0.2) is 4.68 Å². The average Bonchev–Trinajstić information content (AvgIpc) is 2.82. The molecule has 0 unspecified atom stereocenters. The number of hydrogen-bond donors (Lipinski definition) is 1. The van der Waals surface area contributed by atoms with Crippen LogP contribution in [0, 0.1) is 13.8 Å². The first kappa shape index (κ1) is 15.5. The monoisotopic (exact) mass is 288 g/mol. The van der Waals surface area contributed by atoms with Crippen molar-refractivity contribution in [3.63, 3.8) is 0 Å². The van der Waals surface area contributed by atoms with Crippen molar-refractivity contribution in [1.82, 2.24) is 15.0 Å². The van der Waals surface area contributed by atoms with Crippen molar-refractivity contribution in [2.24, 2.45) is 5.73 Å². The Balaban J connectivity index is 1.77. The summed E-state index contributed by atoms with van der Waals surface area (Å²) in [7, 11) is 0. The summed E-state index contributed by atoms with van der Waals surface area (Å²) in [6, 6.07) is 8.11. The molecular formula is C16H24N4O. The molecule has 0 amide bonds. The minimum atomic E-state index is 0.681. The molecule has 2 N–H and O–H groups in total. The minimum absolute atomic E-state index is 0.681. The molecule has 0 aliphatic rings. The van der Waals surface area contributed by atoms with E-state index >= 15 is 0 Å². The molecule has 114 valence electrons. The van der Waals surface area contributed by atoms with Gasteiger partial charge < -0.3 is 10.5 Å². The van der Waals surface area contributed by atoms with Crippen molar-refractivity contribution in [1.29, 1.82) is 0 Å². The molecule has 0 aliphatic carbocycles. The topological polar surface area (TPSA) is 66.0 Å². The number of rotatable bonds is 8. The van der Waals surface area contributed by atoms with E-state index in [1.54, 1.807) is 0 Å². The molecule has 0 fully saturated rings. The first-order chi connectivity index (χ1) is 10.2. The lowest BCUT2D eigenvalue weighted by Crippen LogP contribution is -2.08. The van der Waals surface area contributed by atoms with Crippen LogP contribution in [-0.2, 0) is 13.0 Å². The minimum Gasteiger partial charge on any atom is -0.494 e. The Labute approximate surface area is 126 Å². The summed E-state index contributed by atoms with van der Waals surface area (Å²) in [4.78, 5) is 0. The van der Waals surface area contributed by atoms with Crippen LogP contribution >= 0.6 is 0 Å². The number of aromatic nitrogens is 3. The molecule has 0 radical (unpaired) electrons. The van der Waals surface area contributed by atoms with E-state index < -0.39 is 0 Å². The number of benzene rings is 1. The van der Waals surface area contributed by atoms with Gasteiger partial charge in [0.2, 0.25) is 0 Å². The van der Waals surface area contributed by atoms with Crippen molar-refractivity contribution in [3.8, 4) is 5.75 Å². The molecule has 0 aliphatic heterocycles. The number of ether oxygens (including phenoxy) is 1. The van der Waals surface area contributed by atoms with Crippen LogP contribution in [0.5, 0.6) is 5.75 Å². The zero-order valence-corrected chi connectivity index (χ0v) is 12.9. The second-order valence-corrected chi connectivity index (χ2v) is 5.26. The Hall–Kier alpha value is -1.88. The lowest BCUT2D eigenvalue weighted by atomic mass is 10.2. The molecule has 0 saturated heterocycles. The SMILES string of the molecule is Cc1cccc(OCCCn2nnc(CCCN)c2C)c1. The normalized spacial score (nSPS) is 10.8. The summed E-state index contributed by atoms with van der Waals surface area (Å²) >= 11 is 0. The van der Waals surface area contributed by atoms with E-state index in [9.17, 15) is 0 Å². The smallest absolute Gasteiger partial charge is 0.119 e. The molecule has 2 rings (SSSR count). The predicted octanol–water partition coefficient (Wildman–Crippen LogP) is 2.26. The van der Waals surface area contributed by atoms with Crippen LogP contribution in [0.15, 0.2) is 24.3 Å². The van der Waals surface area contributed by atoms with Crippen LogP contribution in [0.2, 0.25) is 0 Å². The lowest BCUT2D eigenvalue weighted by molar-refractivity contribution is 0.297. The van der Waals surface area contributed by atoms with E-state index in [0.29, 0.717) is 13.2 Å². The highest BCUT2D eigenvalue weighted by Crippen LogP contribution is 2.13. The van der Waals surface area contributed by atoms with E-state index in [-0.39, 0.29) is 0 Å². The zero-order chi connectivity index (χ0) is 15.1. The van der Waals surface area contributed by atoms with Gasteiger partial charge in [0.25, 0.3) is 0 Å². The quantitative estimate of drug-likeness (QED) is 0.757. The fourth-order valence-electron chi connectivity index (χ4n) is 2.22. The summed E-state index contributed by atoms with van der Waals surface area (Å²) in [5.41, 5.74) is 8.93. The second kappa shape index (κ2) is 7.78. The van der Waals surface area contributed by atoms with Gasteiger partial charge in [-0.1, -0.05) is 17.3 Å². The van der Waals surface area contributed by atoms with Crippen molar-refractivity contribution in [2.45, 2.75) is 39.7 Å². The fourth-order valence-corrected chi connectivity index (χ4v) is 2.22. The van der Waals surface area contributed by atoms with Crippen molar-refractivity contribution in [2.75, 3.05) is 13.2 Å². The Morgan fingerprint density at radius 2 is 2.10 bits per heavy atom. The molecule has 5 heteroatoms. The van der Waals surface area contributed by atoms with Gasteiger partial charge in [0.1, 0.15) is 5.75 Å². The fraction of sp³-hybridized carbons (Fsp3) is 0.500. The van der Waals surface area contributed by atoms with Crippen LogP contribution in [0.25, 0.3) is 0 Å². The molecule has 1 aromatic carbocycles. The zero-order valence-electron chi connectivity index (χ0n) is 12.9. The molecular weight excluding hydrogens is 264 g/mol. The molecule has 0 bridgehead atoms. The highest BCUT2D eigenvalue weighted by molar-refractivity contribution is 5.27. The first-order valence-corrected chi connectivity index (χ1v) is 7.49. The highest BCUT2D eigenvalue weighted by Gasteiger charge is 2.07.